The Bertz CT molecular complexity index is 237. The Morgan fingerprint density at radius 2 is 2.60 bits per heavy atom. The SMILES string of the molecule is C=CCn1cccc1[C]=O. The van der Waals surface area contributed by atoms with Gasteiger partial charge in [0.25, 0.3) is 6.29 Å². The molecule has 1 aromatic heterocycles. The summed E-state index contributed by atoms with van der Waals surface area (Å²) >= 11 is 0. The van der Waals surface area contributed by atoms with E-state index in [0.29, 0.717) is 12.2 Å². The van der Waals surface area contributed by atoms with E-state index in [9.17, 15) is 4.79 Å². The molecule has 0 aliphatic rings. The zero-order valence-electron chi connectivity index (χ0n) is 5.58. The van der Waals surface area contributed by atoms with Crippen molar-refractivity contribution in [3.63, 3.8) is 0 Å². The summed E-state index contributed by atoms with van der Waals surface area (Å²) < 4.78 is 1.78. The van der Waals surface area contributed by atoms with Crippen LogP contribution in [0.5, 0.6) is 0 Å². The van der Waals surface area contributed by atoms with Crippen LogP contribution in [0, 0.1) is 0 Å². The van der Waals surface area contributed by atoms with Gasteiger partial charge in [0.2, 0.25) is 0 Å². The third kappa shape index (κ3) is 1.16. The van der Waals surface area contributed by atoms with Crippen molar-refractivity contribution in [2.45, 2.75) is 6.54 Å². The second-order valence-electron chi connectivity index (χ2n) is 1.94. The quantitative estimate of drug-likeness (QED) is 0.568. The zero-order chi connectivity index (χ0) is 7.40. The molecule has 0 saturated heterocycles. The summed E-state index contributed by atoms with van der Waals surface area (Å²) in [6.45, 7) is 4.22. The van der Waals surface area contributed by atoms with Gasteiger partial charge >= 0.3 is 0 Å². The average Bonchev–Trinajstić information content (AvgIpc) is 2.36. The van der Waals surface area contributed by atoms with E-state index in [2.05, 4.69) is 6.58 Å². The molecule has 0 unspecified atom stereocenters. The Morgan fingerprint density at radius 3 is 3.20 bits per heavy atom. The van der Waals surface area contributed by atoms with Crippen LogP contribution in [0.25, 0.3) is 0 Å². The Morgan fingerprint density at radius 1 is 1.80 bits per heavy atom. The van der Waals surface area contributed by atoms with E-state index in [0.717, 1.165) is 0 Å². The number of nitrogens with zero attached hydrogens (tertiary/aromatic N) is 1. The maximum Gasteiger partial charge on any atom is 0.251 e. The summed E-state index contributed by atoms with van der Waals surface area (Å²) in [5, 5.41) is 0. The molecule has 51 valence electrons. The lowest BCUT2D eigenvalue weighted by atomic mass is 10.4. The highest BCUT2D eigenvalue weighted by Gasteiger charge is 1.95. The van der Waals surface area contributed by atoms with Gasteiger partial charge in [-0.25, -0.2) is 0 Å². The first-order chi connectivity index (χ1) is 4.88. The van der Waals surface area contributed by atoms with Crippen LogP contribution in [0.2, 0.25) is 0 Å². The summed E-state index contributed by atoms with van der Waals surface area (Å²) in [6, 6.07) is 3.53. The Kier molecular flexibility index (Phi) is 2.05. The smallest absolute Gasteiger partial charge is 0.251 e. The number of aromatic nitrogens is 1. The summed E-state index contributed by atoms with van der Waals surface area (Å²) in [4.78, 5) is 10.2. The first-order valence-electron chi connectivity index (χ1n) is 3.02. The van der Waals surface area contributed by atoms with Gasteiger partial charge in [0.15, 0.2) is 0 Å². The lowest BCUT2D eigenvalue weighted by Crippen LogP contribution is -1.97. The summed E-state index contributed by atoms with van der Waals surface area (Å²) in [7, 11) is 0. The molecule has 0 aliphatic heterocycles. The molecule has 0 fully saturated rings. The first-order valence-corrected chi connectivity index (χ1v) is 3.02. The molecular formula is C8H8NO. The van der Waals surface area contributed by atoms with Crippen LogP contribution >= 0.6 is 0 Å². The van der Waals surface area contributed by atoms with Crippen LogP contribution in [0.1, 0.15) is 5.69 Å². The molecule has 0 atom stereocenters. The number of hydrogen-bond donors (Lipinski definition) is 0. The van der Waals surface area contributed by atoms with Crippen LogP contribution in [0.3, 0.4) is 0 Å². The molecule has 2 heteroatoms. The highest BCUT2D eigenvalue weighted by Crippen LogP contribution is 1.97. The third-order valence-corrected chi connectivity index (χ3v) is 1.26. The Hall–Kier alpha value is -1.31. The van der Waals surface area contributed by atoms with Gasteiger partial charge in [-0.1, -0.05) is 6.08 Å². The van der Waals surface area contributed by atoms with Gasteiger partial charge in [-0.05, 0) is 12.1 Å². The fourth-order valence-electron chi connectivity index (χ4n) is 0.805. The monoisotopic (exact) mass is 134 g/mol. The van der Waals surface area contributed by atoms with Crippen molar-refractivity contribution < 1.29 is 4.79 Å². The number of allylic oxidation sites excluding steroid dienone is 1. The van der Waals surface area contributed by atoms with Crippen molar-refractivity contribution in [3.8, 4) is 0 Å². The average molecular weight is 134 g/mol. The first kappa shape index (κ1) is 6.81. The summed E-state index contributed by atoms with van der Waals surface area (Å²) in [6.07, 6.45) is 5.38. The maximum absolute atomic E-state index is 10.2. The minimum atomic E-state index is 0.569. The zero-order valence-corrected chi connectivity index (χ0v) is 5.58. The molecular weight excluding hydrogens is 126 g/mol. The highest BCUT2D eigenvalue weighted by atomic mass is 16.1. The predicted octanol–water partition coefficient (Wildman–Crippen LogP) is 1.13. The molecule has 0 spiro atoms. The van der Waals surface area contributed by atoms with Gasteiger partial charge in [0.1, 0.15) is 0 Å². The van der Waals surface area contributed by atoms with E-state index in [4.69, 9.17) is 0 Å². The maximum atomic E-state index is 10.2. The number of rotatable bonds is 3. The van der Waals surface area contributed by atoms with Gasteiger partial charge in [-0.2, -0.15) is 0 Å². The van der Waals surface area contributed by atoms with E-state index < -0.39 is 0 Å². The fourth-order valence-corrected chi connectivity index (χ4v) is 0.805. The molecule has 1 radical (unpaired) electrons. The molecule has 1 rings (SSSR count). The van der Waals surface area contributed by atoms with E-state index in [1.54, 1.807) is 16.7 Å². The van der Waals surface area contributed by atoms with Gasteiger partial charge in [0, 0.05) is 12.7 Å². The molecule has 0 amide bonds. The van der Waals surface area contributed by atoms with E-state index >= 15 is 0 Å². The largest absolute Gasteiger partial charge is 0.341 e. The van der Waals surface area contributed by atoms with Gasteiger partial charge in [-0.3, -0.25) is 4.79 Å². The molecule has 10 heavy (non-hydrogen) atoms. The minimum absolute atomic E-state index is 0.569. The van der Waals surface area contributed by atoms with Crippen LogP contribution in [0.15, 0.2) is 31.0 Å². The van der Waals surface area contributed by atoms with Gasteiger partial charge in [0.05, 0.1) is 5.69 Å². The van der Waals surface area contributed by atoms with Crippen molar-refractivity contribution in [2.75, 3.05) is 0 Å². The molecule has 0 N–H and O–H groups in total. The van der Waals surface area contributed by atoms with Crippen molar-refractivity contribution in [3.05, 3.63) is 36.7 Å². The normalized spacial score (nSPS) is 9.20. The predicted molar refractivity (Wildman–Crippen MR) is 39.4 cm³/mol. The lowest BCUT2D eigenvalue weighted by molar-refractivity contribution is 0.559. The molecule has 1 heterocycles. The van der Waals surface area contributed by atoms with Crippen LogP contribution < -0.4 is 0 Å². The number of carbonyl (C=O) groups excluding carboxylic acids is 1. The fraction of sp³-hybridized carbons (Fsp3) is 0.125. The summed E-state index contributed by atoms with van der Waals surface area (Å²) in [5.41, 5.74) is 0.569. The van der Waals surface area contributed by atoms with Gasteiger partial charge in [-0.15, -0.1) is 6.58 Å². The Balaban J connectivity index is 2.89. The topological polar surface area (TPSA) is 22.0 Å². The molecule has 0 saturated carbocycles. The van der Waals surface area contributed by atoms with E-state index in [-0.39, 0.29) is 0 Å². The lowest BCUT2D eigenvalue weighted by Gasteiger charge is -1.96. The van der Waals surface area contributed by atoms with Crippen LogP contribution in [0.4, 0.5) is 0 Å². The molecule has 0 aromatic carbocycles. The molecule has 0 bridgehead atoms. The third-order valence-electron chi connectivity index (χ3n) is 1.26. The van der Waals surface area contributed by atoms with E-state index in [1.165, 1.54) is 0 Å². The van der Waals surface area contributed by atoms with E-state index in [1.807, 2.05) is 18.5 Å². The number of hydrogen-bond acceptors (Lipinski definition) is 1. The van der Waals surface area contributed by atoms with Gasteiger partial charge < -0.3 is 4.57 Å². The second-order valence-corrected chi connectivity index (χ2v) is 1.94. The van der Waals surface area contributed by atoms with Crippen LogP contribution in [-0.2, 0) is 11.3 Å². The van der Waals surface area contributed by atoms with Crippen molar-refractivity contribution in [2.24, 2.45) is 0 Å². The Labute approximate surface area is 59.8 Å². The second kappa shape index (κ2) is 3.01. The minimum Gasteiger partial charge on any atom is -0.341 e. The van der Waals surface area contributed by atoms with Crippen molar-refractivity contribution in [1.82, 2.24) is 4.57 Å². The van der Waals surface area contributed by atoms with Crippen molar-refractivity contribution in [1.29, 1.82) is 0 Å². The highest BCUT2D eigenvalue weighted by molar-refractivity contribution is 5.72. The summed E-state index contributed by atoms with van der Waals surface area (Å²) in [5.74, 6) is 0. The molecule has 1 aromatic rings. The standard InChI is InChI=1S/C8H8NO/c1-2-5-9-6-3-4-8(9)7-10/h2-4,6H,1,5H2. The van der Waals surface area contributed by atoms with Crippen LogP contribution in [-0.4, -0.2) is 10.9 Å². The molecule has 2 nitrogen and oxygen atoms in total. The molecule has 0 aliphatic carbocycles. The van der Waals surface area contributed by atoms with Crippen molar-refractivity contribution >= 4 is 6.29 Å².